The fourth-order valence-corrected chi connectivity index (χ4v) is 4.43. The van der Waals surface area contributed by atoms with Crippen molar-refractivity contribution in [2.45, 2.75) is 129 Å². The van der Waals surface area contributed by atoms with Crippen molar-refractivity contribution in [1.82, 2.24) is 10.2 Å². The normalized spacial score (nSPS) is 24.3. The maximum atomic E-state index is 3.68. The minimum Gasteiger partial charge on any atom is -0.343 e. The Balaban J connectivity index is 0.000000403. The van der Waals surface area contributed by atoms with E-state index in [-0.39, 0.29) is 32.7 Å². The topological polar surface area (TPSA) is 15.3 Å². The van der Waals surface area contributed by atoms with Crippen LogP contribution in [0.3, 0.4) is 0 Å². The van der Waals surface area contributed by atoms with Gasteiger partial charge >= 0.3 is 0 Å². The van der Waals surface area contributed by atoms with Gasteiger partial charge in [-0.05, 0) is 64.6 Å². The summed E-state index contributed by atoms with van der Waals surface area (Å²) in [6, 6.07) is 1.79. The van der Waals surface area contributed by atoms with Crippen LogP contribution >= 0.6 is 0 Å². The average Bonchev–Trinajstić information content (AvgIpc) is 3.14. The van der Waals surface area contributed by atoms with Crippen molar-refractivity contribution < 1.29 is 32.7 Å². The van der Waals surface area contributed by atoms with E-state index in [9.17, 15) is 0 Å². The average molecular weight is 455 g/mol. The molecule has 3 aliphatic heterocycles. The van der Waals surface area contributed by atoms with Gasteiger partial charge in [-0.2, -0.15) is 6.42 Å². The van der Waals surface area contributed by atoms with Crippen molar-refractivity contribution in [1.29, 1.82) is 0 Å². The number of hydrogen-bond donors (Lipinski definition) is 1. The summed E-state index contributed by atoms with van der Waals surface area (Å²) in [5.41, 5.74) is 0. The Labute approximate surface area is 197 Å². The molecule has 3 saturated heterocycles. The van der Waals surface area contributed by atoms with Crippen LogP contribution in [0.1, 0.15) is 117 Å². The maximum absolute atomic E-state index is 3.68. The predicted octanol–water partition coefficient (Wildman–Crippen LogP) is 6.74. The molecule has 0 amide bonds. The quantitative estimate of drug-likeness (QED) is 0.475. The number of fused-ring (bicyclic) bond motifs is 1. The van der Waals surface area contributed by atoms with Gasteiger partial charge in [-0.25, -0.2) is 0 Å². The Morgan fingerprint density at radius 2 is 1.41 bits per heavy atom. The van der Waals surface area contributed by atoms with E-state index in [0.29, 0.717) is 0 Å². The minimum absolute atomic E-state index is 0. The fourth-order valence-electron chi connectivity index (χ4n) is 4.43. The zero-order chi connectivity index (χ0) is 18.9. The SMILES string of the molecule is C1CCC2CCCCCN2CC1.CCC1CCCCCN1.[CH2-]CCCC.[Y]. The van der Waals surface area contributed by atoms with E-state index in [0.717, 1.165) is 18.5 Å². The van der Waals surface area contributed by atoms with Crippen LogP contribution in [-0.4, -0.2) is 36.6 Å². The number of nitrogens with zero attached hydrogens (tertiary/aromatic N) is 1. The molecular weight excluding hydrogens is 405 g/mol. The van der Waals surface area contributed by atoms with E-state index in [1.54, 1.807) is 0 Å². The van der Waals surface area contributed by atoms with Crippen LogP contribution < -0.4 is 5.32 Å². The summed E-state index contributed by atoms with van der Waals surface area (Å²) in [7, 11) is 0. The molecule has 0 aromatic rings. The van der Waals surface area contributed by atoms with Gasteiger partial charge in [-0.1, -0.05) is 65.2 Å². The molecule has 0 spiro atoms. The Morgan fingerprint density at radius 1 is 0.815 bits per heavy atom. The van der Waals surface area contributed by atoms with Crippen LogP contribution in [0.15, 0.2) is 0 Å². The van der Waals surface area contributed by atoms with Gasteiger partial charge in [-0.15, -0.1) is 0 Å². The van der Waals surface area contributed by atoms with Crippen molar-refractivity contribution in [3.63, 3.8) is 0 Å². The molecule has 0 aromatic heterocycles. The van der Waals surface area contributed by atoms with Crippen molar-refractivity contribution in [2.75, 3.05) is 19.6 Å². The van der Waals surface area contributed by atoms with E-state index >= 15 is 0 Å². The van der Waals surface area contributed by atoms with Gasteiger partial charge < -0.3 is 17.1 Å². The third-order valence-corrected chi connectivity index (χ3v) is 6.24. The molecule has 3 fully saturated rings. The van der Waals surface area contributed by atoms with Crippen molar-refractivity contribution in [2.24, 2.45) is 0 Å². The third-order valence-electron chi connectivity index (χ3n) is 6.24. The number of nitrogens with one attached hydrogen (secondary N) is 1. The predicted molar refractivity (Wildman–Crippen MR) is 118 cm³/mol. The molecule has 0 aliphatic carbocycles. The van der Waals surface area contributed by atoms with Crippen LogP contribution in [0.4, 0.5) is 0 Å². The molecule has 1 N–H and O–H groups in total. The van der Waals surface area contributed by atoms with Crippen LogP contribution in [0, 0.1) is 6.92 Å². The van der Waals surface area contributed by atoms with E-state index in [1.165, 1.54) is 116 Å². The molecule has 3 heteroatoms. The molecule has 3 heterocycles. The Bertz CT molecular complexity index is 260. The summed E-state index contributed by atoms with van der Waals surface area (Å²) in [6.07, 6.45) is 22.4. The number of unbranched alkanes of at least 4 members (excludes halogenated alkanes) is 2. The molecular formula is C24H49N2Y-. The molecule has 1 radical (unpaired) electrons. The number of hydrogen-bond acceptors (Lipinski definition) is 2. The minimum atomic E-state index is 0. The summed E-state index contributed by atoms with van der Waals surface area (Å²) in [5.74, 6) is 0. The monoisotopic (exact) mass is 454 g/mol. The molecule has 3 aliphatic rings. The largest absolute Gasteiger partial charge is 0.343 e. The summed E-state index contributed by atoms with van der Waals surface area (Å²) >= 11 is 0. The number of rotatable bonds is 3. The van der Waals surface area contributed by atoms with E-state index in [1.807, 2.05) is 0 Å². The smallest absolute Gasteiger partial charge is 0.00952 e. The summed E-state index contributed by atoms with van der Waals surface area (Å²) in [5, 5.41) is 3.53. The fraction of sp³-hybridized carbons (Fsp3) is 0.958. The standard InChI is InChI=1S/C11H21N.C8H17N.C5H11.Y/c1-3-7-11-8-4-2-6-10-12(11)9-5-1;1-2-8-6-4-3-5-7-9-8;1-3-5-4-2;/h11H,1-10H2;8-9H,2-7H2,1H3;1,3-5H2,2H3;/q;;-1;. The van der Waals surface area contributed by atoms with E-state index < -0.39 is 0 Å². The second-order valence-electron chi connectivity index (χ2n) is 8.50. The zero-order valence-corrected chi connectivity index (χ0v) is 21.7. The zero-order valence-electron chi connectivity index (χ0n) is 18.8. The van der Waals surface area contributed by atoms with Gasteiger partial charge in [0.05, 0.1) is 0 Å². The van der Waals surface area contributed by atoms with Gasteiger partial charge in [0.2, 0.25) is 0 Å². The van der Waals surface area contributed by atoms with Gasteiger partial charge in [0.1, 0.15) is 0 Å². The second kappa shape index (κ2) is 20.3. The summed E-state index contributed by atoms with van der Waals surface area (Å²) < 4.78 is 0. The van der Waals surface area contributed by atoms with Gasteiger partial charge in [-0.3, -0.25) is 0 Å². The third kappa shape index (κ3) is 14.6. The van der Waals surface area contributed by atoms with Crippen LogP contribution in [0.25, 0.3) is 0 Å². The van der Waals surface area contributed by atoms with E-state index in [2.05, 4.69) is 31.0 Å². The van der Waals surface area contributed by atoms with Crippen molar-refractivity contribution in [3.05, 3.63) is 6.92 Å². The maximum Gasteiger partial charge on any atom is 0.00952 e. The van der Waals surface area contributed by atoms with Gasteiger partial charge in [0, 0.05) is 44.8 Å². The van der Waals surface area contributed by atoms with Crippen molar-refractivity contribution >= 4 is 0 Å². The second-order valence-corrected chi connectivity index (χ2v) is 8.50. The first-order valence-corrected chi connectivity index (χ1v) is 12.1. The van der Waals surface area contributed by atoms with Crippen molar-refractivity contribution in [3.8, 4) is 0 Å². The molecule has 1 unspecified atom stereocenters. The summed E-state index contributed by atoms with van der Waals surface area (Å²) in [6.45, 7) is 12.1. The molecule has 0 aromatic carbocycles. The Morgan fingerprint density at radius 3 is 1.93 bits per heavy atom. The van der Waals surface area contributed by atoms with Crippen LogP contribution in [-0.2, 0) is 32.7 Å². The molecule has 0 saturated carbocycles. The first kappa shape index (κ1) is 28.0. The Kier molecular flexibility index (Phi) is 21.1. The van der Waals surface area contributed by atoms with Crippen LogP contribution in [0.2, 0.25) is 0 Å². The first-order chi connectivity index (χ1) is 12.8. The molecule has 3 rings (SSSR count). The Hall–Kier alpha value is 1.02. The van der Waals surface area contributed by atoms with Gasteiger partial charge in [0.15, 0.2) is 0 Å². The molecule has 0 bridgehead atoms. The summed E-state index contributed by atoms with van der Waals surface area (Å²) in [4.78, 5) is 2.76. The van der Waals surface area contributed by atoms with E-state index in [4.69, 9.17) is 0 Å². The molecule has 1 atom stereocenters. The first-order valence-electron chi connectivity index (χ1n) is 12.1. The van der Waals surface area contributed by atoms with Crippen LogP contribution in [0.5, 0.6) is 0 Å². The molecule has 27 heavy (non-hydrogen) atoms. The molecule has 2 nitrogen and oxygen atoms in total. The molecule has 159 valence electrons. The van der Waals surface area contributed by atoms with Gasteiger partial charge in [0.25, 0.3) is 0 Å².